The monoisotopic (exact) mass is 1680 g/mol. The SMILES string of the molecule is c1ccc(-c2cccc(N(c3ccc4c(c3)C3(c5ccccc5-4)c4ccccc4N(c4cccc(-c5cccc6cc(N(c7ccc8c(c7)C7(c9ccccc9-8)c8ccccc8N(c8ccccc8)c8ccccc87)c7ccccc7-c7ccccc7-c7cccc8ccccc78)ccc56)c4)c4ccccc43)c3ccccc3-c3ccccc3-c3cccc4ccccc34)c2)cc1. The molecule has 0 atom stereocenters. The third kappa shape index (κ3) is 11.7. The zero-order valence-electron chi connectivity index (χ0n) is 72.3. The van der Waals surface area contributed by atoms with Gasteiger partial charge in [0.25, 0.3) is 0 Å². The first-order valence-corrected chi connectivity index (χ1v) is 45.8. The molecule has 2 aliphatic carbocycles. The quantitative estimate of drug-likeness (QED) is 0.108. The van der Waals surface area contributed by atoms with Crippen LogP contribution in [0.1, 0.15) is 44.5 Å². The summed E-state index contributed by atoms with van der Waals surface area (Å²) in [6.45, 7) is 0. The smallest absolute Gasteiger partial charge is 0.0755 e. The van der Waals surface area contributed by atoms with Gasteiger partial charge in [0.2, 0.25) is 0 Å². The van der Waals surface area contributed by atoms with Gasteiger partial charge in [-0.2, -0.15) is 0 Å². The van der Waals surface area contributed by atoms with Gasteiger partial charge >= 0.3 is 0 Å². The molecule has 0 N–H and O–H groups in total. The zero-order chi connectivity index (χ0) is 87.0. The summed E-state index contributed by atoms with van der Waals surface area (Å²) in [4.78, 5) is 10.1. The van der Waals surface area contributed by atoms with E-state index in [0.29, 0.717) is 0 Å². The van der Waals surface area contributed by atoms with Crippen LogP contribution in [-0.4, -0.2) is 0 Å². The van der Waals surface area contributed by atoms with Crippen LogP contribution in [0.2, 0.25) is 0 Å². The summed E-state index contributed by atoms with van der Waals surface area (Å²) in [6, 6.07) is 191. The number of anilines is 12. The fourth-order valence-electron chi connectivity index (χ4n) is 23.0. The lowest BCUT2D eigenvalue weighted by molar-refractivity contribution is 0.752. The number of rotatable bonds is 14. The Morgan fingerprint density at radius 3 is 0.970 bits per heavy atom. The summed E-state index contributed by atoms with van der Waals surface area (Å²) in [5.41, 5.74) is 40.4. The molecule has 4 aliphatic rings. The number of fused-ring (bicyclic) bond motifs is 21. The maximum absolute atomic E-state index is 2.55. The highest BCUT2D eigenvalue weighted by molar-refractivity contribution is 6.09. The topological polar surface area (TPSA) is 13.0 Å². The number of hydrogen-bond donors (Lipinski definition) is 0. The van der Waals surface area contributed by atoms with Crippen LogP contribution in [0.4, 0.5) is 68.2 Å². The van der Waals surface area contributed by atoms with Gasteiger partial charge in [-0.1, -0.05) is 400 Å². The molecule has 2 heterocycles. The minimum absolute atomic E-state index is 0.695. The van der Waals surface area contributed by atoms with Crippen LogP contribution < -0.4 is 19.6 Å². The molecule has 0 saturated carbocycles. The molecule has 2 spiro atoms. The average Bonchev–Trinajstić information content (AvgIpc) is 1.49. The predicted molar refractivity (Wildman–Crippen MR) is 552 cm³/mol. The van der Waals surface area contributed by atoms with Crippen molar-refractivity contribution >= 4 is 101 Å². The normalized spacial score (nSPS) is 13.1. The van der Waals surface area contributed by atoms with Crippen LogP contribution in [0.25, 0.3) is 121 Å². The number of benzene rings is 22. The second-order valence-electron chi connectivity index (χ2n) is 35.2. The molecule has 0 unspecified atom stereocenters. The Morgan fingerprint density at radius 1 is 0.152 bits per heavy atom. The molecule has 0 saturated heterocycles. The highest BCUT2D eigenvalue weighted by Gasteiger charge is 2.54. The van der Waals surface area contributed by atoms with E-state index >= 15 is 0 Å². The van der Waals surface area contributed by atoms with Crippen molar-refractivity contribution in [1.29, 1.82) is 0 Å². The van der Waals surface area contributed by atoms with E-state index in [-0.39, 0.29) is 0 Å². The van der Waals surface area contributed by atoms with Crippen molar-refractivity contribution in [2.75, 3.05) is 19.6 Å². The van der Waals surface area contributed by atoms with E-state index in [0.717, 1.165) is 124 Å². The van der Waals surface area contributed by atoms with Gasteiger partial charge in [0.15, 0.2) is 0 Å². The fourth-order valence-corrected chi connectivity index (χ4v) is 23.0. The van der Waals surface area contributed by atoms with Crippen LogP contribution in [-0.2, 0) is 10.8 Å². The van der Waals surface area contributed by atoms with Crippen molar-refractivity contribution < 1.29 is 0 Å². The summed E-state index contributed by atoms with van der Waals surface area (Å²) in [5.74, 6) is 0. The molecule has 22 aromatic carbocycles. The molecular formula is C128H84N4. The van der Waals surface area contributed by atoms with Crippen molar-refractivity contribution in [2.45, 2.75) is 10.8 Å². The van der Waals surface area contributed by atoms with E-state index in [9.17, 15) is 0 Å². The maximum Gasteiger partial charge on any atom is 0.0755 e. The molecule has 0 aromatic heterocycles. The molecule has 2 aliphatic heterocycles. The second kappa shape index (κ2) is 30.8. The van der Waals surface area contributed by atoms with Crippen molar-refractivity contribution in [3.8, 4) is 89.0 Å². The molecule has 616 valence electrons. The minimum Gasteiger partial charge on any atom is -0.310 e. The molecule has 26 rings (SSSR count). The highest BCUT2D eigenvalue weighted by Crippen LogP contribution is 2.67. The maximum atomic E-state index is 2.55. The fraction of sp³-hybridized carbons (Fsp3) is 0.0156. The van der Waals surface area contributed by atoms with E-state index < -0.39 is 10.8 Å². The Balaban J connectivity index is 0.625. The van der Waals surface area contributed by atoms with Gasteiger partial charge in [-0.3, -0.25) is 0 Å². The second-order valence-corrected chi connectivity index (χ2v) is 35.2. The Bertz CT molecular complexity index is 8310. The molecule has 4 nitrogen and oxygen atoms in total. The molecular weight excluding hydrogens is 1590 g/mol. The third-order valence-electron chi connectivity index (χ3n) is 28.4. The summed E-state index contributed by atoms with van der Waals surface area (Å²) in [7, 11) is 0. The van der Waals surface area contributed by atoms with Gasteiger partial charge < -0.3 is 19.6 Å². The summed E-state index contributed by atoms with van der Waals surface area (Å²) >= 11 is 0. The number of para-hydroxylation sites is 7. The molecule has 0 amide bonds. The van der Waals surface area contributed by atoms with E-state index in [2.05, 4.69) is 529 Å². The number of nitrogens with zero attached hydrogens (tertiary/aromatic N) is 4. The van der Waals surface area contributed by atoms with Crippen molar-refractivity contribution in [1.82, 2.24) is 0 Å². The molecule has 0 radical (unpaired) electrons. The van der Waals surface area contributed by atoms with Gasteiger partial charge in [-0.25, -0.2) is 0 Å². The van der Waals surface area contributed by atoms with Crippen molar-refractivity contribution in [3.05, 3.63) is 554 Å². The van der Waals surface area contributed by atoms with Gasteiger partial charge in [-0.15, -0.1) is 0 Å². The standard InChI is InChI=1S/C128H84N4/c1-3-36-85(37-4-1)88-42-31-47-92(80-88)129(121-68-25-17-57-111(121)105-53-13-11-51-103(105)101-60-33-40-86-38-7-9-49-97(86)101)95-75-78-109-108-56-16-20-63-114(108)128(119(109)83-95)117-66-23-29-72-125(117)132(126-73-30-24-67-118(126)128)93-48-32-43-89(81-93)99-59-35-44-90-82-94(74-77-100(90)99)130(122-69-26-18-58-112(122)106-54-14-12-52-104(106)102-61-34-41-87-39-8-10-50-98(87)102)96-76-79-110-107-55-15-19-62-113(107)127(120(110)84-96)115-64-21-27-70-123(115)131(91-45-5-2-6-46-91)124-71-28-22-65-116(124)127/h1-84H. The number of hydrogen-bond acceptors (Lipinski definition) is 4. The van der Waals surface area contributed by atoms with E-state index in [1.165, 1.54) is 111 Å². The van der Waals surface area contributed by atoms with Gasteiger partial charge in [-0.05, 0) is 264 Å². The summed E-state index contributed by atoms with van der Waals surface area (Å²) in [6.07, 6.45) is 0. The zero-order valence-corrected chi connectivity index (χ0v) is 72.3. The minimum atomic E-state index is -0.757. The molecule has 0 fully saturated rings. The molecule has 0 bridgehead atoms. The predicted octanol–water partition coefficient (Wildman–Crippen LogP) is 34.4. The van der Waals surface area contributed by atoms with Gasteiger partial charge in [0.1, 0.15) is 0 Å². The highest BCUT2D eigenvalue weighted by atomic mass is 15.2. The van der Waals surface area contributed by atoms with E-state index in [1.54, 1.807) is 0 Å². The molecule has 4 heteroatoms. The Kier molecular flexibility index (Phi) is 17.8. The van der Waals surface area contributed by atoms with Crippen molar-refractivity contribution in [3.63, 3.8) is 0 Å². The van der Waals surface area contributed by atoms with E-state index in [4.69, 9.17) is 0 Å². The van der Waals surface area contributed by atoms with Crippen LogP contribution in [0.15, 0.2) is 510 Å². The van der Waals surface area contributed by atoms with Crippen LogP contribution in [0.5, 0.6) is 0 Å². The first-order valence-electron chi connectivity index (χ1n) is 45.8. The first kappa shape index (κ1) is 76.1. The molecule has 132 heavy (non-hydrogen) atoms. The third-order valence-corrected chi connectivity index (χ3v) is 28.4. The van der Waals surface area contributed by atoms with Gasteiger partial charge in [0, 0.05) is 45.3 Å². The van der Waals surface area contributed by atoms with Gasteiger partial charge in [0.05, 0.1) is 45.0 Å². The van der Waals surface area contributed by atoms with Crippen LogP contribution in [0, 0.1) is 0 Å². The summed E-state index contributed by atoms with van der Waals surface area (Å²) < 4.78 is 0. The Morgan fingerprint density at radius 2 is 0.462 bits per heavy atom. The van der Waals surface area contributed by atoms with E-state index in [1.807, 2.05) is 0 Å². The van der Waals surface area contributed by atoms with Crippen LogP contribution >= 0.6 is 0 Å². The lowest BCUT2D eigenvalue weighted by atomic mass is 9.64. The van der Waals surface area contributed by atoms with Crippen molar-refractivity contribution in [2.24, 2.45) is 0 Å². The largest absolute Gasteiger partial charge is 0.310 e. The average molecular weight is 1680 g/mol. The first-order chi connectivity index (χ1) is 65.5. The Labute approximate surface area is 768 Å². The summed E-state index contributed by atoms with van der Waals surface area (Å²) in [5, 5.41) is 7.14. The Hall–Kier alpha value is -17.2. The lowest BCUT2D eigenvalue weighted by Gasteiger charge is -2.45. The molecule has 22 aromatic rings. The lowest BCUT2D eigenvalue weighted by Crippen LogP contribution is -2.36. The van der Waals surface area contributed by atoms with Crippen LogP contribution in [0.3, 0.4) is 0 Å².